The molecule has 150 valence electrons. The van der Waals surface area contributed by atoms with Crippen LogP contribution in [0, 0.1) is 11.3 Å². The van der Waals surface area contributed by atoms with Gasteiger partial charge in [-0.3, -0.25) is 9.69 Å². The molecule has 1 N–H and O–H groups in total. The highest BCUT2D eigenvalue weighted by Gasteiger charge is 2.26. The third-order valence-corrected chi connectivity index (χ3v) is 6.18. The first-order chi connectivity index (χ1) is 14.0. The van der Waals surface area contributed by atoms with Crippen LogP contribution in [0.15, 0.2) is 60.0 Å². The summed E-state index contributed by atoms with van der Waals surface area (Å²) in [6.07, 6.45) is 1.59. The van der Waals surface area contributed by atoms with E-state index in [0.717, 1.165) is 5.56 Å². The van der Waals surface area contributed by atoms with Crippen molar-refractivity contribution in [2.24, 2.45) is 0 Å². The van der Waals surface area contributed by atoms with Gasteiger partial charge in [0.25, 0.3) is 0 Å². The Morgan fingerprint density at radius 2 is 1.69 bits per heavy atom. The lowest BCUT2D eigenvalue weighted by Crippen LogP contribution is -2.49. The fourth-order valence-electron chi connectivity index (χ4n) is 3.04. The average molecular weight is 410 g/mol. The lowest BCUT2D eigenvalue weighted by molar-refractivity contribution is -0.117. The van der Waals surface area contributed by atoms with Crippen LogP contribution in [-0.4, -0.2) is 56.3 Å². The number of nitrogens with one attached hydrogen (secondary N) is 1. The van der Waals surface area contributed by atoms with Gasteiger partial charge in [0.05, 0.1) is 17.8 Å². The van der Waals surface area contributed by atoms with E-state index >= 15 is 0 Å². The molecular formula is C21H22N4O3S. The monoisotopic (exact) mass is 410 g/mol. The molecule has 2 aromatic rings. The van der Waals surface area contributed by atoms with Crippen molar-refractivity contribution in [2.75, 3.05) is 38.0 Å². The number of benzene rings is 2. The number of amides is 1. The fraction of sp³-hybridized carbons (Fsp3) is 0.238. The van der Waals surface area contributed by atoms with Crippen LogP contribution in [-0.2, 0) is 14.8 Å². The largest absolute Gasteiger partial charge is 0.324 e. The van der Waals surface area contributed by atoms with Gasteiger partial charge >= 0.3 is 0 Å². The fourth-order valence-corrected chi connectivity index (χ4v) is 4.21. The third-order valence-electron chi connectivity index (χ3n) is 4.61. The van der Waals surface area contributed by atoms with Crippen LogP contribution >= 0.6 is 0 Å². The van der Waals surface area contributed by atoms with Crippen molar-refractivity contribution in [3.8, 4) is 6.07 Å². The number of carbonyl (C=O) groups excluding carboxylic acids is 1. The first kappa shape index (κ1) is 20.7. The average Bonchev–Trinajstić information content (AvgIpc) is 2.74. The molecule has 0 aromatic heterocycles. The number of anilines is 1. The minimum atomic E-state index is -3.50. The summed E-state index contributed by atoms with van der Waals surface area (Å²) in [5, 5.41) is 13.1. The molecule has 1 fully saturated rings. The molecule has 1 saturated heterocycles. The van der Waals surface area contributed by atoms with E-state index in [1.807, 2.05) is 41.3 Å². The maximum Gasteiger partial charge on any atom is 0.238 e. The molecule has 1 aliphatic heterocycles. The minimum Gasteiger partial charge on any atom is -0.324 e. The summed E-state index contributed by atoms with van der Waals surface area (Å²) in [6.45, 7) is 1.72. The second-order valence-corrected chi connectivity index (χ2v) is 8.46. The van der Waals surface area contributed by atoms with Gasteiger partial charge in [0.15, 0.2) is 0 Å². The molecule has 0 unspecified atom stereocenters. The summed E-state index contributed by atoms with van der Waals surface area (Å²) in [5.41, 5.74) is 1.71. The quantitative estimate of drug-likeness (QED) is 0.787. The Hall–Kier alpha value is -2.99. The first-order valence-electron chi connectivity index (χ1n) is 9.22. The number of rotatable bonds is 6. The molecule has 1 heterocycles. The Balaban J connectivity index is 1.51. The lowest BCUT2D eigenvalue weighted by Gasteiger charge is -2.32. The normalized spacial score (nSPS) is 15.8. The minimum absolute atomic E-state index is 0.146. The molecule has 0 spiro atoms. The summed E-state index contributed by atoms with van der Waals surface area (Å²) in [5.74, 6) is -0.229. The Bertz CT molecular complexity index is 1020. The number of hydrogen-bond donors (Lipinski definition) is 1. The van der Waals surface area contributed by atoms with Crippen molar-refractivity contribution in [1.82, 2.24) is 9.21 Å². The second kappa shape index (κ2) is 9.47. The van der Waals surface area contributed by atoms with E-state index < -0.39 is 10.0 Å². The lowest BCUT2D eigenvalue weighted by atomic mass is 10.2. The van der Waals surface area contributed by atoms with Crippen LogP contribution in [0.2, 0.25) is 0 Å². The molecule has 0 aliphatic carbocycles. The molecule has 0 atom stereocenters. The number of sulfonamides is 1. The van der Waals surface area contributed by atoms with Crippen molar-refractivity contribution in [3.05, 3.63) is 71.1 Å². The zero-order chi connectivity index (χ0) is 20.7. The molecule has 0 saturated carbocycles. The number of para-hydroxylation sites is 1. The highest BCUT2D eigenvalue weighted by molar-refractivity contribution is 7.92. The standard InChI is InChI=1S/C21H22N4O3S/c22-16-19-8-4-5-9-20(19)23-21(26)17-24-11-13-25(14-12-24)29(27,28)15-10-18-6-2-1-3-7-18/h1-10,15H,11-14,17H2,(H,23,26)/b15-10+. The summed E-state index contributed by atoms with van der Waals surface area (Å²) in [7, 11) is -3.50. The predicted octanol–water partition coefficient (Wildman–Crippen LogP) is 2.12. The second-order valence-electron chi connectivity index (χ2n) is 6.64. The summed E-state index contributed by atoms with van der Waals surface area (Å²) >= 11 is 0. The van der Waals surface area contributed by atoms with Crippen molar-refractivity contribution in [2.45, 2.75) is 0 Å². The first-order valence-corrected chi connectivity index (χ1v) is 10.7. The Morgan fingerprint density at radius 1 is 1.03 bits per heavy atom. The predicted molar refractivity (Wildman–Crippen MR) is 112 cm³/mol. The summed E-state index contributed by atoms with van der Waals surface area (Å²) in [6, 6.07) is 18.1. The van der Waals surface area contributed by atoms with Gasteiger partial charge in [0.1, 0.15) is 6.07 Å². The van der Waals surface area contributed by atoms with Crippen LogP contribution in [0.3, 0.4) is 0 Å². The van der Waals surface area contributed by atoms with E-state index in [2.05, 4.69) is 5.32 Å². The van der Waals surface area contributed by atoms with Gasteiger partial charge in [0.2, 0.25) is 15.9 Å². The number of nitriles is 1. The van der Waals surface area contributed by atoms with Gasteiger partial charge in [0, 0.05) is 31.6 Å². The molecule has 0 bridgehead atoms. The van der Waals surface area contributed by atoms with Gasteiger partial charge in [-0.1, -0.05) is 42.5 Å². The van der Waals surface area contributed by atoms with E-state index in [-0.39, 0.29) is 12.5 Å². The van der Waals surface area contributed by atoms with Crippen molar-refractivity contribution >= 4 is 27.7 Å². The van der Waals surface area contributed by atoms with Gasteiger partial charge in [-0.25, -0.2) is 8.42 Å². The zero-order valence-electron chi connectivity index (χ0n) is 15.9. The van der Waals surface area contributed by atoms with E-state index in [0.29, 0.717) is 37.4 Å². The van der Waals surface area contributed by atoms with Gasteiger partial charge in [-0.2, -0.15) is 9.57 Å². The molecule has 1 aliphatic rings. The number of nitrogens with zero attached hydrogens (tertiary/aromatic N) is 3. The van der Waals surface area contributed by atoms with Gasteiger partial charge in [-0.05, 0) is 23.8 Å². The van der Waals surface area contributed by atoms with Crippen molar-refractivity contribution in [3.63, 3.8) is 0 Å². The summed E-state index contributed by atoms with van der Waals surface area (Å²) in [4.78, 5) is 14.2. The highest BCUT2D eigenvalue weighted by Crippen LogP contribution is 2.14. The maximum absolute atomic E-state index is 12.5. The highest BCUT2D eigenvalue weighted by atomic mass is 32.2. The molecule has 8 heteroatoms. The van der Waals surface area contributed by atoms with Crippen LogP contribution in [0.4, 0.5) is 5.69 Å². The Morgan fingerprint density at radius 3 is 2.38 bits per heavy atom. The van der Waals surface area contributed by atoms with Crippen molar-refractivity contribution < 1.29 is 13.2 Å². The topological polar surface area (TPSA) is 93.5 Å². The third kappa shape index (κ3) is 5.74. The molecule has 2 aromatic carbocycles. The van der Waals surface area contributed by atoms with Crippen LogP contribution in [0.1, 0.15) is 11.1 Å². The smallest absolute Gasteiger partial charge is 0.238 e. The number of carbonyl (C=O) groups is 1. The molecule has 1 amide bonds. The van der Waals surface area contributed by atoms with Gasteiger partial charge < -0.3 is 5.32 Å². The zero-order valence-corrected chi connectivity index (χ0v) is 16.7. The molecule has 29 heavy (non-hydrogen) atoms. The van der Waals surface area contributed by atoms with Crippen LogP contribution in [0.5, 0.6) is 0 Å². The van der Waals surface area contributed by atoms with Crippen LogP contribution < -0.4 is 5.32 Å². The van der Waals surface area contributed by atoms with Crippen molar-refractivity contribution in [1.29, 1.82) is 5.26 Å². The SMILES string of the molecule is N#Cc1ccccc1NC(=O)CN1CCN(S(=O)(=O)/C=C/c2ccccc2)CC1. The van der Waals surface area contributed by atoms with E-state index in [9.17, 15) is 13.2 Å². The molecular weight excluding hydrogens is 388 g/mol. The van der Waals surface area contributed by atoms with E-state index in [4.69, 9.17) is 5.26 Å². The Kier molecular flexibility index (Phi) is 6.77. The Labute approximate surface area is 170 Å². The van der Waals surface area contributed by atoms with E-state index in [1.165, 1.54) is 9.71 Å². The van der Waals surface area contributed by atoms with E-state index in [1.54, 1.807) is 30.3 Å². The molecule has 3 rings (SSSR count). The summed E-state index contributed by atoms with van der Waals surface area (Å²) < 4.78 is 26.4. The molecule has 7 nitrogen and oxygen atoms in total. The number of piperazine rings is 1. The van der Waals surface area contributed by atoms with Crippen LogP contribution in [0.25, 0.3) is 6.08 Å². The maximum atomic E-state index is 12.5. The molecule has 0 radical (unpaired) electrons. The number of hydrogen-bond acceptors (Lipinski definition) is 5. The van der Waals surface area contributed by atoms with Gasteiger partial charge in [-0.15, -0.1) is 0 Å².